The van der Waals surface area contributed by atoms with Gasteiger partial charge in [0.2, 0.25) is 0 Å². The number of imidazole rings is 1. The highest BCUT2D eigenvalue weighted by Gasteiger charge is 2.27. The van der Waals surface area contributed by atoms with Gasteiger partial charge in [-0.3, -0.25) is 0 Å². The molecule has 0 radical (unpaired) electrons. The Kier molecular flexibility index (Phi) is 3.75. The molecule has 0 spiro atoms. The molecule has 1 heterocycles. The Labute approximate surface area is 131 Å². The Hall–Kier alpha value is -0.680. The number of halogens is 2. The van der Waals surface area contributed by atoms with Gasteiger partial charge in [0.1, 0.15) is 5.82 Å². The average Bonchev–Trinajstić information content (AvgIpc) is 2.64. The van der Waals surface area contributed by atoms with Gasteiger partial charge in [0, 0.05) is 12.1 Å². The minimum atomic E-state index is -0.239. The number of nitrogens with zero attached hydrogens (tertiary/aromatic N) is 1. The zero-order valence-electron chi connectivity index (χ0n) is 11.6. The van der Waals surface area contributed by atoms with E-state index in [0.29, 0.717) is 27.1 Å². The summed E-state index contributed by atoms with van der Waals surface area (Å²) in [6.07, 6.45) is 3.50. The molecule has 3 rings (SSSR count). The van der Waals surface area contributed by atoms with Crippen molar-refractivity contribution in [2.45, 2.75) is 39.2 Å². The lowest BCUT2D eigenvalue weighted by atomic mass is 9.80. The van der Waals surface area contributed by atoms with Crippen molar-refractivity contribution in [1.29, 1.82) is 0 Å². The van der Waals surface area contributed by atoms with E-state index < -0.39 is 0 Å². The molecular weight excluding hydrogens is 339 g/mol. The molecule has 2 unspecified atom stereocenters. The van der Waals surface area contributed by atoms with Crippen LogP contribution in [0.25, 0.3) is 11.0 Å². The molecule has 20 heavy (non-hydrogen) atoms. The van der Waals surface area contributed by atoms with Crippen LogP contribution in [0.5, 0.6) is 0 Å². The maximum Gasteiger partial charge on any atom is 0.178 e. The van der Waals surface area contributed by atoms with Crippen LogP contribution in [0, 0.1) is 22.4 Å². The van der Waals surface area contributed by atoms with Gasteiger partial charge in [-0.1, -0.05) is 13.8 Å². The van der Waals surface area contributed by atoms with Crippen LogP contribution in [-0.4, -0.2) is 9.55 Å². The quantitative estimate of drug-likeness (QED) is 0.659. The lowest BCUT2D eigenvalue weighted by Gasteiger charge is -2.32. The SMILES string of the molecule is CC1CC(C)CC(n2c(=S)[nH]c3cc(Br)c(F)cc32)C1. The first-order valence-corrected chi connectivity index (χ1v) is 8.25. The van der Waals surface area contributed by atoms with E-state index >= 15 is 0 Å². The minimum Gasteiger partial charge on any atom is -0.331 e. The first kappa shape index (κ1) is 14.3. The fraction of sp³-hybridized carbons (Fsp3) is 0.533. The van der Waals surface area contributed by atoms with Gasteiger partial charge < -0.3 is 9.55 Å². The van der Waals surface area contributed by atoms with Crippen molar-refractivity contribution in [3.63, 3.8) is 0 Å². The molecule has 5 heteroatoms. The number of nitrogens with one attached hydrogen (secondary N) is 1. The van der Waals surface area contributed by atoms with Crippen molar-refractivity contribution < 1.29 is 4.39 Å². The van der Waals surface area contributed by atoms with Crippen LogP contribution >= 0.6 is 28.1 Å². The van der Waals surface area contributed by atoms with Crippen molar-refractivity contribution >= 4 is 39.2 Å². The zero-order valence-corrected chi connectivity index (χ0v) is 14.0. The third kappa shape index (κ3) is 2.46. The van der Waals surface area contributed by atoms with Gasteiger partial charge >= 0.3 is 0 Å². The number of benzene rings is 1. The van der Waals surface area contributed by atoms with Crippen molar-refractivity contribution in [3.05, 3.63) is 27.2 Å². The summed E-state index contributed by atoms with van der Waals surface area (Å²) in [6.45, 7) is 4.58. The number of aromatic amines is 1. The number of aromatic nitrogens is 2. The van der Waals surface area contributed by atoms with E-state index in [1.54, 1.807) is 12.1 Å². The van der Waals surface area contributed by atoms with E-state index in [1.165, 1.54) is 6.42 Å². The largest absolute Gasteiger partial charge is 0.331 e. The third-order valence-electron chi connectivity index (χ3n) is 4.28. The zero-order chi connectivity index (χ0) is 14.4. The Morgan fingerprint density at radius 1 is 1.25 bits per heavy atom. The average molecular weight is 357 g/mol. The molecule has 108 valence electrons. The summed E-state index contributed by atoms with van der Waals surface area (Å²) in [7, 11) is 0. The third-order valence-corrected chi connectivity index (χ3v) is 5.18. The molecule has 1 aliphatic carbocycles. The van der Waals surface area contributed by atoms with Crippen LogP contribution in [0.4, 0.5) is 4.39 Å². The second kappa shape index (κ2) is 5.26. The normalized spacial score (nSPS) is 27.1. The molecule has 2 nitrogen and oxygen atoms in total. The molecule has 2 aromatic rings. The topological polar surface area (TPSA) is 20.7 Å². The molecule has 1 aromatic heterocycles. The van der Waals surface area contributed by atoms with Crippen LogP contribution in [0.3, 0.4) is 0 Å². The molecule has 1 saturated carbocycles. The predicted octanol–water partition coefficient (Wildman–Crippen LogP) is 5.60. The first-order valence-electron chi connectivity index (χ1n) is 7.05. The first-order chi connectivity index (χ1) is 9.45. The molecule has 1 aliphatic rings. The number of rotatable bonds is 1. The summed E-state index contributed by atoms with van der Waals surface area (Å²) in [4.78, 5) is 3.20. The standard InChI is InChI=1S/C15H18BrFN2S/c1-8-3-9(2)5-10(4-8)19-14-7-12(17)11(16)6-13(14)18-15(19)20/h6-10H,3-5H2,1-2H3,(H,18,20). The fourth-order valence-corrected chi connectivity index (χ4v) is 4.30. The molecule has 1 fully saturated rings. The second-order valence-corrected chi connectivity index (χ2v) is 7.40. The van der Waals surface area contributed by atoms with E-state index in [1.807, 2.05) is 0 Å². The summed E-state index contributed by atoms with van der Waals surface area (Å²) < 4.78 is 17.1. The molecule has 0 saturated heterocycles. The molecule has 1 aromatic carbocycles. The van der Waals surface area contributed by atoms with Gasteiger partial charge in [-0.2, -0.15) is 0 Å². The molecule has 1 N–H and O–H groups in total. The lowest BCUT2D eigenvalue weighted by molar-refractivity contribution is 0.223. The van der Waals surface area contributed by atoms with Crippen molar-refractivity contribution in [2.75, 3.05) is 0 Å². The predicted molar refractivity (Wildman–Crippen MR) is 86.0 cm³/mol. The lowest BCUT2D eigenvalue weighted by Crippen LogP contribution is -2.22. The van der Waals surface area contributed by atoms with Crippen LogP contribution in [0.15, 0.2) is 16.6 Å². The van der Waals surface area contributed by atoms with E-state index in [9.17, 15) is 4.39 Å². The van der Waals surface area contributed by atoms with Gasteiger partial charge in [0.15, 0.2) is 4.77 Å². The summed E-state index contributed by atoms with van der Waals surface area (Å²) >= 11 is 8.69. The Morgan fingerprint density at radius 2 is 1.90 bits per heavy atom. The van der Waals surface area contributed by atoms with E-state index in [4.69, 9.17) is 12.2 Å². The van der Waals surface area contributed by atoms with E-state index in [-0.39, 0.29) is 5.82 Å². The van der Waals surface area contributed by atoms with Gasteiger partial charge in [0.25, 0.3) is 0 Å². The van der Waals surface area contributed by atoms with Crippen molar-refractivity contribution in [2.24, 2.45) is 11.8 Å². The number of H-pyrrole nitrogens is 1. The number of fused-ring (bicyclic) bond motifs is 1. The number of hydrogen-bond acceptors (Lipinski definition) is 1. The van der Waals surface area contributed by atoms with Crippen LogP contribution < -0.4 is 0 Å². The van der Waals surface area contributed by atoms with Gasteiger partial charge in [-0.05, 0) is 65.3 Å². The molecule has 2 atom stereocenters. The van der Waals surface area contributed by atoms with E-state index in [2.05, 4.69) is 39.3 Å². The maximum atomic E-state index is 13.9. The van der Waals surface area contributed by atoms with Crippen molar-refractivity contribution in [1.82, 2.24) is 9.55 Å². The smallest absolute Gasteiger partial charge is 0.178 e. The highest BCUT2D eigenvalue weighted by atomic mass is 79.9. The Balaban J connectivity index is 2.13. The summed E-state index contributed by atoms with van der Waals surface area (Å²) in [6, 6.07) is 3.72. The highest BCUT2D eigenvalue weighted by Crippen LogP contribution is 2.38. The minimum absolute atomic E-state index is 0.239. The summed E-state index contributed by atoms with van der Waals surface area (Å²) in [5, 5.41) is 0. The van der Waals surface area contributed by atoms with Gasteiger partial charge in [-0.25, -0.2) is 4.39 Å². The maximum absolute atomic E-state index is 13.9. The van der Waals surface area contributed by atoms with Crippen molar-refractivity contribution in [3.8, 4) is 0 Å². The number of hydrogen-bond donors (Lipinski definition) is 1. The van der Waals surface area contributed by atoms with Crippen LogP contribution in [0.2, 0.25) is 0 Å². The fourth-order valence-electron chi connectivity index (χ4n) is 3.60. The molecular formula is C15H18BrFN2S. The molecule has 0 amide bonds. The second-order valence-electron chi connectivity index (χ2n) is 6.15. The monoisotopic (exact) mass is 356 g/mol. The van der Waals surface area contributed by atoms with E-state index in [0.717, 1.165) is 23.9 Å². The van der Waals surface area contributed by atoms with Gasteiger partial charge in [-0.15, -0.1) is 0 Å². The summed E-state index contributed by atoms with van der Waals surface area (Å²) in [5.74, 6) is 1.14. The van der Waals surface area contributed by atoms with Crippen LogP contribution in [0.1, 0.15) is 39.2 Å². The Bertz CT molecular complexity index is 696. The Morgan fingerprint density at radius 3 is 2.55 bits per heavy atom. The highest BCUT2D eigenvalue weighted by molar-refractivity contribution is 9.10. The molecule has 0 aliphatic heterocycles. The summed E-state index contributed by atoms with van der Waals surface area (Å²) in [5.41, 5.74) is 1.77. The van der Waals surface area contributed by atoms with Crippen LogP contribution in [-0.2, 0) is 0 Å². The molecule has 0 bridgehead atoms. The van der Waals surface area contributed by atoms with Gasteiger partial charge in [0.05, 0.1) is 15.5 Å².